The van der Waals surface area contributed by atoms with Crippen LogP contribution in [0.3, 0.4) is 0 Å². The number of benzene rings is 1. The lowest BCUT2D eigenvalue weighted by atomic mass is 9.96. The van der Waals surface area contributed by atoms with Crippen molar-refractivity contribution in [3.05, 3.63) is 36.5 Å². The van der Waals surface area contributed by atoms with Crippen LogP contribution in [0.15, 0.2) is 41.5 Å². The van der Waals surface area contributed by atoms with E-state index in [4.69, 9.17) is 4.74 Å². The summed E-state index contributed by atoms with van der Waals surface area (Å²) in [5.41, 5.74) is 1.30. The Balaban J connectivity index is 1.24. The van der Waals surface area contributed by atoms with Gasteiger partial charge in [0.15, 0.2) is 5.96 Å². The zero-order valence-electron chi connectivity index (χ0n) is 14.2. The van der Waals surface area contributed by atoms with Gasteiger partial charge in [-0.05, 0) is 43.2 Å². The SMILES string of the molecule is CN=C(NCCCn1ccc2ccccc21)NC1CC2CCC1O2. The number of aryl methyl sites for hydroxylation is 1. The Labute approximate surface area is 143 Å². The molecule has 3 atom stereocenters. The van der Waals surface area contributed by atoms with Gasteiger partial charge in [0.25, 0.3) is 0 Å². The van der Waals surface area contributed by atoms with Crippen LogP contribution in [0.4, 0.5) is 0 Å². The van der Waals surface area contributed by atoms with Crippen LogP contribution in [0.5, 0.6) is 0 Å². The minimum absolute atomic E-state index is 0.375. The van der Waals surface area contributed by atoms with Gasteiger partial charge in [0, 0.05) is 31.9 Å². The molecule has 3 heterocycles. The predicted molar refractivity (Wildman–Crippen MR) is 97.4 cm³/mol. The second-order valence-electron chi connectivity index (χ2n) is 6.78. The molecule has 0 amide bonds. The van der Waals surface area contributed by atoms with E-state index in [9.17, 15) is 0 Å². The molecule has 5 nitrogen and oxygen atoms in total. The third kappa shape index (κ3) is 3.13. The number of nitrogens with one attached hydrogen (secondary N) is 2. The number of para-hydroxylation sites is 1. The molecular weight excluding hydrogens is 300 g/mol. The van der Waals surface area contributed by atoms with Gasteiger partial charge >= 0.3 is 0 Å². The molecule has 128 valence electrons. The summed E-state index contributed by atoms with van der Waals surface area (Å²) in [5.74, 6) is 0.897. The minimum Gasteiger partial charge on any atom is -0.373 e. The first kappa shape index (κ1) is 15.5. The highest BCUT2D eigenvalue weighted by atomic mass is 16.5. The maximum Gasteiger partial charge on any atom is 0.191 e. The van der Waals surface area contributed by atoms with Crippen LogP contribution in [0, 0.1) is 0 Å². The first-order valence-corrected chi connectivity index (χ1v) is 9.00. The zero-order valence-corrected chi connectivity index (χ0v) is 14.2. The van der Waals surface area contributed by atoms with Crippen LogP contribution in [0.25, 0.3) is 10.9 Å². The third-order valence-corrected chi connectivity index (χ3v) is 5.20. The van der Waals surface area contributed by atoms with Crippen molar-refractivity contribution in [3.8, 4) is 0 Å². The molecule has 4 rings (SSSR count). The largest absolute Gasteiger partial charge is 0.373 e. The molecule has 2 bridgehead atoms. The Morgan fingerprint density at radius 1 is 1.29 bits per heavy atom. The molecule has 5 heteroatoms. The van der Waals surface area contributed by atoms with Gasteiger partial charge in [-0.2, -0.15) is 0 Å². The van der Waals surface area contributed by atoms with Gasteiger partial charge in [0.1, 0.15) is 0 Å². The summed E-state index contributed by atoms with van der Waals surface area (Å²) in [6, 6.07) is 11.1. The van der Waals surface area contributed by atoms with Crippen molar-refractivity contribution in [1.29, 1.82) is 0 Å². The van der Waals surface area contributed by atoms with Crippen LogP contribution in [0.2, 0.25) is 0 Å². The van der Waals surface area contributed by atoms with Gasteiger partial charge < -0.3 is 19.9 Å². The van der Waals surface area contributed by atoms with Crippen molar-refractivity contribution in [3.63, 3.8) is 0 Å². The third-order valence-electron chi connectivity index (χ3n) is 5.20. The van der Waals surface area contributed by atoms with Crippen molar-refractivity contribution < 1.29 is 4.74 Å². The Morgan fingerprint density at radius 2 is 2.21 bits per heavy atom. The van der Waals surface area contributed by atoms with Gasteiger partial charge in [-0.1, -0.05) is 18.2 Å². The number of fused-ring (bicyclic) bond motifs is 3. The van der Waals surface area contributed by atoms with Gasteiger partial charge in [-0.3, -0.25) is 4.99 Å². The highest BCUT2D eigenvalue weighted by Gasteiger charge is 2.41. The molecule has 2 saturated heterocycles. The van der Waals surface area contributed by atoms with Gasteiger partial charge in [-0.15, -0.1) is 0 Å². The minimum atomic E-state index is 0.375. The topological polar surface area (TPSA) is 50.6 Å². The lowest BCUT2D eigenvalue weighted by Gasteiger charge is -2.22. The second kappa shape index (κ2) is 6.85. The molecular formula is C19H26N4O. The number of hydrogen-bond acceptors (Lipinski definition) is 2. The molecule has 1 aromatic carbocycles. The van der Waals surface area contributed by atoms with E-state index in [1.165, 1.54) is 23.7 Å². The number of aromatic nitrogens is 1. The van der Waals surface area contributed by atoms with Crippen molar-refractivity contribution in [1.82, 2.24) is 15.2 Å². The quantitative estimate of drug-likeness (QED) is 0.504. The Kier molecular flexibility index (Phi) is 4.43. The molecule has 2 fully saturated rings. The second-order valence-corrected chi connectivity index (χ2v) is 6.78. The van der Waals surface area contributed by atoms with E-state index in [0.29, 0.717) is 18.2 Å². The van der Waals surface area contributed by atoms with Gasteiger partial charge in [-0.25, -0.2) is 0 Å². The molecule has 2 N–H and O–H groups in total. The van der Waals surface area contributed by atoms with E-state index in [-0.39, 0.29) is 0 Å². The van der Waals surface area contributed by atoms with Crippen molar-refractivity contribution in [2.75, 3.05) is 13.6 Å². The van der Waals surface area contributed by atoms with E-state index >= 15 is 0 Å². The fraction of sp³-hybridized carbons (Fsp3) is 0.526. The van der Waals surface area contributed by atoms with Gasteiger partial charge in [0.05, 0.1) is 18.2 Å². The fourth-order valence-electron chi connectivity index (χ4n) is 3.95. The molecule has 3 unspecified atom stereocenters. The monoisotopic (exact) mass is 326 g/mol. The van der Waals surface area contributed by atoms with Crippen molar-refractivity contribution >= 4 is 16.9 Å². The smallest absolute Gasteiger partial charge is 0.191 e. The maximum atomic E-state index is 5.90. The molecule has 2 aliphatic rings. The molecule has 2 aromatic rings. The number of aliphatic imine (C=N–C) groups is 1. The Bertz CT molecular complexity index is 723. The van der Waals surface area contributed by atoms with Crippen LogP contribution in [-0.4, -0.2) is 42.4 Å². The zero-order chi connectivity index (χ0) is 16.4. The van der Waals surface area contributed by atoms with E-state index < -0.39 is 0 Å². The molecule has 0 aliphatic carbocycles. The summed E-state index contributed by atoms with van der Waals surface area (Å²) in [7, 11) is 1.84. The Morgan fingerprint density at radius 3 is 3.00 bits per heavy atom. The summed E-state index contributed by atoms with van der Waals surface area (Å²) < 4.78 is 8.21. The number of hydrogen-bond donors (Lipinski definition) is 2. The summed E-state index contributed by atoms with van der Waals surface area (Å²) in [6.07, 6.45) is 7.59. The van der Waals surface area contributed by atoms with E-state index in [1.54, 1.807) is 0 Å². The highest BCUT2D eigenvalue weighted by Crippen LogP contribution is 2.34. The lowest BCUT2D eigenvalue weighted by molar-refractivity contribution is 0.0992. The molecule has 24 heavy (non-hydrogen) atoms. The predicted octanol–water partition coefficient (Wildman–Crippen LogP) is 2.52. The lowest BCUT2D eigenvalue weighted by Crippen LogP contribution is -2.47. The number of nitrogens with zero attached hydrogens (tertiary/aromatic N) is 2. The standard InChI is InChI=1S/C19H26N4O/c1-20-19(22-16-13-15-7-8-18(16)24-15)21-10-4-11-23-12-9-14-5-2-3-6-17(14)23/h2-3,5-6,9,12,15-16,18H,4,7-8,10-11,13H2,1H3,(H2,20,21,22). The van der Waals surface area contributed by atoms with Crippen LogP contribution in [-0.2, 0) is 11.3 Å². The van der Waals surface area contributed by atoms with Crippen LogP contribution < -0.4 is 10.6 Å². The maximum absolute atomic E-state index is 5.90. The normalized spacial score (nSPS) is 26.2. The summed E-state index contributed by atoms with van der Waals surface area (Å²) in [5, 5.41) is 8.27. The molecule has 2 aliphatic heterocycles. The highest BCUT2D eigenvalue weighted by molar-refractivity contribution is 5.80. The molecule has 0 spiro atoms. The van der Waals surface area contributed by atoms with Crippen LogP contribution >= 0.6 is 0 Å². The van der Waals surface area contributed by atoms with Gasteiger partial charge in [0.2, 0.25) is 0 Å². The molecule has 0 saturated carbocycles. The fourth-order valence-corrected chi connectivity index (χ4v) is 3.95. The average Bonchev–Trinajstić information content (AvgIpc) is 3.33. The first-order valence-electron chi connectivity index (χ1n) is 9.00. The summed E-state index contributed by atoms with van der Waals surface area (Å²) in [6.45, 7) is 1.92. The van der Waals surface area contributed by atoms with E-state index in [0.717, 1.165) is 31.9 Å². The average molecular weight is 326 g/mol. The number of rotatable bonds is 5. The number of ether oxygens (including phenoxy) is 1. The molecule has 0 radical (unpaired) electrons. The summed E-state index contributed by atoms with van der Waals surface area (Å²) in [4.78, 5) is 4.35. The molecule has 1 aromatic heterocycles. The van der Waals surface area contributed by atoms with E-state index in [1.807, 2.05) is 7.05 Å². The van der Waals surface area contributed by atoms with Crippen molar-refractivity contribution in [2.45, 2.75) is 50.5 Å². The first-order chi connectivity index (χ1) is 11.8. The van der Waals surface area contributed by atoms with Crippen molar-refractivity contribution in [2.24, 2.45) is 4.99 Å². The van der Waals surface area contributed by atoms with Crippen LogP contribution in [0.1, 0.15) is 25.7 Å². The number of guanidine groups is 1. The Hall–Kier alpha value is -2.01. The van der Waals surface area contributed by atoms with E-state index in [2.05, 4.69) is 56.7 Å². The summed E-state index contributed by atoms with van der Waals surface area (Å²) >= 11 is 0.